The predicted molar refractivity (Wildman–Crippen MR) is 72.3 cm³/mol. The molecular formula is C13H26O2SnZn. The molecule has 1 N–H and O–H groups in total. The third-order valence-electron chi connectivity index (χ3n) is 1.83. The standard InChI is InChI=1S/C5H8O2.2C4H9.Sn.Zn/c1-4(6)3-5(2)7;2*1-3-4-2;;/h3,6H,1-2H3;2*1,3-4H2,2H3;;/b4-3-;;;;. The van der Waals surface area contributed by atoms with Gasteiger partial charge in [-0.2, -0.15) is 0 Å². The van der Waals surface area contributed by atoms with Crippen LogP contribution < -0.4 is 0 Å². The number of ketones is 1. The Labute approximate surface area is 130 Å². The molecule has 0 saturated heterocycles. The second kappa shape index (κ2) is 19.0. The predicted octanol–water partition coefficient (Wildman–Crippen LogP) is 4.16. The summed E-state index contributed by atoms with van der Waals surface area (Å²) in [5.41, 5.74) is 0. The SMILES string of the molecule is CC(=O)/C=C(/C)O.CCC[CH2][Sn][CH2]CCC.[Zn]. The fourth-order valence-electron chi connectivity index (χ4n) is 1.02. The molecule has 0 aromatic heterocycles. The number of hydrogen-bond acceptors (Lipinski definition) is 2. The molecule has 2 nitrogen and oxygen atoms in total. The summed E-state index contributed by atoms with van der Waals surface area (Å²) in [6, 6.07) is 0. The summed E-state index contributed by atoms with van der Waals surface area (Å²) in [7, 11) is 0. The van der Waals surface area contributed by atoms with Gasteiger partial charge < -0.3 is 5.11 Å². The average Bonchev–Trinajstić information content (AvgIpc) is 2.16. The van der Waals surface area contributed by atoms with Crippen molar-refractivity contribution in [2.24, 2.45) is 0 Å². The van der Waals surface area contributed by atoms with Crippen molar-refractivity contribution in [3.63, 3.8) is 0 Å². The molecule has 0 unspecified atom stereocenters. The van der Waals surface area contributed by atoms with E-state index in [9.17, 15) is 4.79 Å². The van der Waals surface area contributed by atoms with Crippen molar-refractivity contribution in [2.45, 2.75) is 62.3 Å². The Hall–Kier alpha value is 0.632. The summed E-state index contributed by atoms with van der Waals surface area (Å²) in [5, 5.41) is 8.36. The Kier molecular flexibility index (Phi) is 25.4. The number of allylic oxidation sites excluding steroid dienone is 2. The quantitative estimate of drug-likeness (QED) is 0.303. The van der Waals surface area contributed by atoms with E-state index in [0.29, 0.717) is 0 Å². The van der Waals surface area contributed by atoms with Gasteiger partial charge in [-0.05, 0) is 13.8 Å². The van der Waals surface area contributed by atoms with Gasteiger partial charge in [-0.15, -0.1) is 0 Å². The maximum atomic E-state index is 10.0. The average molecular weight is 398 g/mol. The molecule has 0 bridgehead atoms. The molecule has 0 saturated carbocycles. The van der Waals surface area contributed by atoms with Crippen LogP contribution in [0, 0.1) is 0 Å². The molecule has 0 atom stereocenters. The second-order valence-electron chi connectivity index (χ2n) is 3.85. The minimum atomic E-state index is -0.125. The molecule has 96 valence electrons. The molecule has 0 rings (SSSR count). The Morgan fingerprint density at radius 3 is 1.71 bits per heavy atom. The van der Waals surface area contributed by atoms with Crippen molar-refractivity contribution in [3.05, 3.63) is 11.8 Å². The van der Waals surface area contributed by atoms with E-state index in [0.717, 1.165) is 0 Å². The van der Waals surface area contributed by atoms with Crippen LogP contribution in [-0.4, -0.2) is 32.0 Å². The molecule has 17 heavy (non-hydrogen) atoms. The monoisotopic (exact) mass is 398 g/mol. The number of carbonyl (C=O) groups is 1. The third kappa shape index (κ3) is 31.5. The van der Waals surface area contributed by atoms with E-state index in [-0.39, 0.29) is 52.2 Å². The summed E-state index contributed by atoms with van der Waals surface area (Å²) >= 11 is 0.149. The van der Waals surface area contributed by atoms with Gasteiger partial charge in [0.05, 0.1) is 5.76 Å². The van der Waals surface area contributed by atoms with Gasteiger partial charge in [0, 0.05) is 25.6 Å². The zero-order valence-corrected chi connectivity index (χ0v) is 17.7. The van der Waals surface area contributed by atoms with Crippen LogP contribution in [0.25, 0.3) is 0 Å². The Bertz CT molecular complexity index is 184. The topological polar surface area (TPSA) is 37.3 Å². The first-order valence-electron chi connectivity index (χ1n) is 6.13. The molecule has 0 aromatic carbocycles. The van der Waals surface area contributed by atoms with Crippen molar-refractivity contribution < 1.29 is 29.4 Å². The second-order valence-corrected chi connectivity index (χ2v) is 8.13. The number of carbonyl (C=O) groups excluding carboxylic acids is 1. The molecule has 0 heterocycles. The molecular weight excluding hydrogens is 372 g/mol. The van der Waals surface area contributed by atoms with E-state index in [4.69, 9.17) is 5.11 Å². The van der Waals surface area contributed by atoms with Gasteiger partial charge in [0.2, 0.25) is 0 Å². The summed E-state index contributed by atoms with van der Waals surface area (Å²) in [4.78, 5) is 10.0. The Balaban J connectivity index is -0.000000224. The first-order chi connectivity index (χ1) is 7.54. The van der Waals surface area contributed by atoms with Gasteiger partial charge in [0.25, 0.3) is 0 Å². The fourth-order valence-corrected chi connectivity index (χ4v) is 5.18. The summed E-state index contributed by atoms with van der Waals surface area (Å²) in [5.74, 6) is -0.0625. The van der Waals surface area contributed by atoms with Crippen molar-refractivity contribution in [1.82, 2.24) is 0 Å². The first-order valence-corrected chi connectivity index (χ1v) is 10.2. The molecule has 0 aromatic rings. The first kappa shape index (κ1) is 22.8. The van der Waals surface area contributed by atoms with Crippen LogP contribution in [0.2, 0.25) is 8.87 Å². The minimum Gasteiger partial charge on any atom is 0 e. The van der Waals surface area contributed by atoms with Crippen molar-refractivity contribution in [1.29, 1.82) is 0 Å². The molecule has 0 spiro atoms. The van der Waals surface area contributed by atoms with Crippen molar-refractivity contribution in [3.8, 4) is 0 Å². The van der Waals surface area contributed by atoms with Crippen LogP contribution >= 0.6 is 0 Å². The Morgan fingerprint density at radius 1 is 1.12 bits per heavy atom. The summed E-state index contributed by atoms with van der Waals surface area (Å²) < 4.78 is 3.25. The van der Waals surface area contributed by atoms with E-state index in [1.54, 1.807) is 8.87 Å². The minimum absolute atomic E-state index is 0. The maximum Gasteiger partial charge on any atom is 0 e. The smallest absolute Gasteiger partial charge is 0 e. The van der Waals surface area contributed by atoms with Crippen molar-refractivity contribution >= 4 is 26.9 Å². The summed E-state index contributed by atoms with van der Waals surface area (Å²) in [6.45, 7) is 7.43. The fraction of sp³-hybridized carbons (Fsp3) is 0.769. The van der Waals surface area contributed by atoms with Gasteiger partial charge in [0.15, 0.2) is 5.78 Å². The molecule has 0 aliphatic heterocycles. The van der Waals surface area contributed by atoms with Crippen LogP contribution in [0.5, 0.6) is 0 Å². The molecule has 0 aliphatic rings. The normalized spacial score (nSPS) is 10.0. The third-order valence-corrected chi connectivity index (χ3v) is 5.86. The number of rotatable bonds is 7. The van der Waals surface area contributed by atoms with Gasteiger partial charge in [-0.25, -0.2) is 0 Å². The maximum absolute atomic E-state index is 10.0. The van der Waals surface area contributed by atoms with Gasteiger partial charge in [-0.3, -0.25) is 4.79 Å². The van der Waals surface area contributed by atoms with Gasteiger partial charge in [-0.1, -0.05) is 0 Å². The van der Waals surface area contributed by atoms with Gasteiger partial charge >= 0.3 is 69.5 Å². The molecule has 0 fully saturated rings. The number of aliphatic hydroxyl groups is 1. The molecule has 0 aliphatic carbocycles. The van der Waals surface area contributed by atoms with E-state index >= 15 is 0 Å². The van der Waals surface area contributed by atoms with Crippen LogP contribution in [0.4, 0.5) is 0 Å². The molecule has 2 radical (unpaired) electrons. The van der Waals surface area contributed by atoms with Crippen LogP contribution in [0.3, 0.4) is 0 Å². The van der Waals surface area contributed by atoms with E-state index in [1.165, 1.54) is 45.6 Å². The van der Waals surface area contributed by atoms with E-state index < -0.39 is 0 Å². The van der Waals surface area contributed by atoms with Gasteiger partial charge in [0.1, 0.15) is 0 Å². The number of unbranched alkanes of at least 4 members (excludes halogenated alkanes) is 2. The van der Waals surface area contributed by atoms with E-state index in [1.807, 2.05) is 0 Å². The molecule has 4 heteroatoms. The molecule has 0 amide bonds. The van der Waals surface area contributed by atoms with Crippen LogP contribution in [-0.2, 0) is 24.3 Å². The van der Waals surface area contributed by atoms with Crippen LogP contribution in [0.1, 0.15) is 53.4 Å². The van der Waals surface area contributed by atoms with Crippen molar-refractivity contribution in [2.75, 3.05) is 0 Å². The summed E-state index contributed by atoms with van der Waals surface area (Å²) in [6.07, 6.45) is 7.01. The number of hydrogen-bond donors (Lipinski definition) is 1. The number of aliphatic hydroxyl groups excluding tert-OH is 1. The zero-order chi connectivity index (χ0) is 12.8. The van der Waals surface area contributed by atoms with Crippen LogP contribution in [0.15, 0.2) is 11.8 Å². The largest absolute Gasteiger partial charge is 0 e. The Morgan fingerprint density at radius 2 is 1.53 bits per heavy atom. The zero-order valence-electron chi connectivity index (χ0n) is 11.9. The van der Waals surface area contributed by atoms with E-state index in [2.05, 4.69) is 13.8 Å².